The summed E-state index contributed by atoms with van der Waals surface area (Å²) in [5, 5.41) is 0.0224. The Balaban J connectivity index is 1.79. The fourth-order valence-corrected chi connectivity index (χ4v) is 3.61. The van der Waals surface area contributed by atoms with Gasteiger partial charge in [0.25, 0.3) is 0 Å². The lowest BCUT2D eigenvalue weighted by Crippen LogP contribution is -2.23. The van der Waals surface area contributed by atoms with Crippen molar-refractivity contribution in [2.24, 2.45) is 0 Å². The number of halogens is 1. The number of fused-ring (bicyclic) bond motifs is 1. The van der Waals surface area contributed by atoms with Crippen LogP contribution in [-0.4, -0.2) is 37.8 Å². The van der Waals surface area contributed by atoms with Crippen LogP contribution < -0.4 is 0 Å². The lowest BCUT2D eigenvalue weighted by Gasteiger charge is -2.13. The van der Waals surface area contributed by atoms with E-state index in [0.717, 1.165) is 4.31 Å². The average Bonchev–Trinajstić information content (AvgIpc) is 3.02. The summed E-state index contributed by atoms with van der Waals surface area (Å²) in [5.74, 6) is -0.464. The summed E-state index contributed by atoms with van der Waals surface area (Å²) in [4.78, 5) is 16.3. The van der Waals surface area contributed by atoms with Crippen molar-refractivity contribution in [1.82, 2.24) is 9.29 Å². The predicted molar refractivity (Wildman–Crippen MR) is 95.5 cm³/mol. The minimum Gasteiger partial charge on any atom is -0.452 e. The lowest BCUT2D eigenvalue weighted by molar-refractivity contribution is 0.0440. The van der Waals surface area contributed by atoms with E-state index in [9.17, 15) is 13.2 Å². The van der Waals surface area contributed by atoms with E-state index in [1.54, 1.807) is 12.1 Å². The first kappa shape index (κ1) is 18.4. The van der Waals surface area contributed by atoms with Gasteiger partial charge in [-0.1, -0.05) is 23.7 Å². The smallest absolute Gasteiger partial charge is 0.338 e. The summed E-state index contributed by atoms with van der Waals surface area (Å²) in [6.45, 7) is -0.175. The summed E-state index contributed by atoms with van der Waals surface area (Å²) >= 11 is 5.96. The zero-order valence-electron chi connectivity index (χ0n) is 14.0. The van der Waals surface area contributed by atoms with Crippen LogP contribution in [0.5, 0.6) is 0 Å². The molecule has 0 aliphatic heterocycles. The molecule has 0 bridgehead atoms. The second-order valence-corrected chi connectivity index (χ2v) is 8.11. The Hall–Kier alpha value is -2.42. The largest absolute Gasteiger partial charge is 0.452 e. The Morgan fingerprint density at radius 2 is 1.96 bits per heavy atom. The number of rotatable bonds is 5. The monoisotopic (exact) mass is 394 g/mol. The van der Waals surface area contributed by atoms with Gasteiger partial charge in [-0.15, -0.1) is 0 Å². The molecule has 0 saturated heterocycles. The minimum atomic E-state index is -3.79. The van der Waals surface area contributed by atoms with Gasteiger partial charge in [-0.3, -0.25) is 0 Å². The van der Waals surface area contributed by atoms with Crippen molar-refractivity contribution in [3.63, 3.8) is 0 Å². The molecule has 9 heteroatoms. The normalized spacial score (nSPS) is 11.8. The molecule has 7 nitrogen and oxygen atoms in total. The van der Waals surface area contributed by atoms with Crippen LogP contribution in [0.15, 0.2) is 51.8 Å². The number of hydrogen-bond acceptors (Lipinski definition) is 6. The van der Waals surface area contributed by atoms with Gasteiger partial charge in [0.1, 0.15) is 10.4 Å². The van der Waals surface area contributed by atoms with Crippen LogP contribution in [-0.2, 0) is 21.4 Å². The molecular weight excluding hydrogens is 380 g/mol. The number of hydrogen-bond donors (Lipinski definition) is 0. The first-order chi connectivity index (χ1) is 12.3. The van der Waals surface area contributed by atoms with E-state index in [4.69, 9.17) is 20.8 Å². The van der Waals surface area contributed by atoms with Crippen molar-refractivity contribution in [2.75, 3.05) is 14.1 Å². The highest BCUT2D eigenvalue weighted by Crippen LogP contribution is 2.25. The van der Waals surface area contributed by atoms with Crippen LogP contribution in [0.3, 0.4) is 0 Å². The number of benzene rings is 2. The van der Waals surface area contributed by atoms with Crippen LogP contribution in [0.4, 0.5) is 0 Å². The van der Waals surface area contributed by atoms with E-state index in [1.807, 2.05) is 12.1 Å². The van der Waals surface area contributed by atoms with Gasteiger partial charge < -0.3 is 9.15 Å². The molecule has 0 aliphatic carbocycles. The molecule has 136 valence electrons. The molecule has 0 aliphatic rings. The first-order valence-electron chi connectivity index (χ1n) is 7.52. The summed E-state index contributed by atoms with van der Waals surface area (Å²) < 4.78 is 36.2. The van der Waals surface area contributed by atoms with Gasteiger partial charge in [0.05, 0.1) is 10.6 Å². The van der Waals surface area contributed by atoms with Gasteiger partial charge >= 0.3 is 5.97 Å². The van der Waals surface area contributed by atoms with Crippen molar-refractivity contribution in [2.45, 2.75) is 11.5 Å². The molecule has 0 amide bonds. The Bertz CT molecular complexity index is 1040. The molecule has 2 aromatic carbocycles. The van der Waals surface area contributed by atoms with E-state index in [2.05, 4.69) is 4.98 Å². The minimum absolute atomic E-state index is 0.0224. The van der Waals surface area contributed by atoms with E-state index in [0.29, 0.717) is 11.1 Å². The molecule has 1 aromatic heterocycles. The highest BCUT2D eigenvalue weighted by Gasteiger charge is 2.23. The lowest BCUT2D eigenvalue weighted by atomic mass is 10.2. The quantitative estimate of drug-likeness (QED) is 0.618. The van der Waals surface area contributed by atoms with Crippen molar-refractivity contribution in [1.29, 1.82) is 0 Å². The van der Waals surface area contributed by atoms with E-state index in [-0.39, 0.29) is 28.0 Å². The molecule has 0 spiro atoms. The third kappa shape index (κ3) is 3.57. The fourth-order valence-electron chi connectivity index (χ4n) is 2.22. The van der Waals surface area contributed by atoms with Crippen LogP contribution in [0.2, 0.25) is 5.02 Å². The number of carbonyl (C=O) groups excluding carboxylic acids is 1. The fraction of sp³-hybridized carbons (Fsp3) is 0.176. The standard InChI is InChI=1S/C17H15ClN2O5S/c1-20(2)26(22,23)15-9-11(7-8-12(15)18)17(21)24-10-16-19-13-5-3-4-6-14(13)25-16/h3-9H,10H2,1-2H3. The molecule has 3 aromatic rings. The number of carbonyl (C=O) groups is 1. The zero-order chi connectivity index (χ0) is 18.9. The van der Waals surface area contributed by atoms with Crippen molar-refractivity contribution >= 4 is 38.7 Å². The van der Waals surface area contributed by atoms with Gasteiger partial charge in [-0.2, -0.15) is 0 Å². The number of ether oxygens (including phenoxy) is 1. The second-order valence-electron chi connectivity index (χ2n) is 5.58. The third-order valence-electron chi connectivity index (χ3n) is 3.59. The predicted octanol–water partition coefficient (Wildman–Crippen LogP) is 3.09. The molecule has 3 rings (SSSR count). The zero-order valence-corrected chi connectivity index (χ0v) is 15.5. The molecule has 0 fully saturated rings. The molecule has 0 radical (unpaired) electrons. The topological polar surface area (TPSA) is 89.7 Å². The Labute approximate surface area is 155 Å². The number of oxazole rings is 1. The molecular formula is C17H15ClN2O5S. The number of esters is 1. The van der Waals surface area contributed by atoms with Gasteiger partial charge in [0.2, 0.25) is 15.9 Å². The van der Waals surface area contributed by atoms with Gasteiger partial charge in [-0.05, 0) is 30.3 Å². The molecule has 0 N–H and O–H groups in total. The maximum absolute atomic E-state index is 12.3. The van der Waals surface area contributed by atoms with Gasteiger partial charge in [0.15, 0.2) is 12.2 Å². The van der Waals surface area contributed by atoms with E-state index >= 15 is 0 Å². The summed E-state index contributed by atoms with van der Waals surface area (Å²) in [6.07, 6.45) is 0. The second kappa shape index (κ2) is 7.06. The summed E-state index contributed by atoms with van der Waals surface area (Å²) in [5.41, 5.74) is 1.31. The van der Waals surface area contributed by atoms with E-state index < -0.39 is 16.0 Å². The number of aromatic nitrogens is 1. The Morgan fingerprint density at radius 3 is 2.65 bits per heavy atom. The third-order valence-corrected chi connectivity index (χ3v) is 5.89. The summed E-state index contributed by atoms with van der Waals surface area (Å²) in [7, 11) is -1.03. The summed E-state index contributed by atoms with van der Waals surface area (Å²) in [6, 6.07) is 11.1. The average molecular weight is 395 g/mol. The van der Waals surface area contributed by atoms with Gasteiger partial charge in [-0.25, -0.2) is 22.5 Å². The van der Waals surface area contributed by atoms with Gasteiger partial charge in [0, 0.05) is 14.1 Å². The van der Waals surface area contributed by atoms with Crippen molar-refractivity contribution < 1.29 is 22.4 Å². The maximum Gasteiger partial charge on any atom is 0.338 e. The number of sulfonamides is 1. The Kier molecular flexibility index (Phi) is 4.99. The van der Waals surface area contributed by atoms with Crippen LogP contribution >= 0.6 is 11.6 Å². The van der Waals surface area contributed by atoms with Crippen LogP contribution in [0, 0.1) is 0 Å². The maximum atomic E-state index is 12.3. The molecule has 0 unspecified atom stereocenters. The molecule has 26 heavy (non-hydrogen) atoms. The van der Waals surface area contributed by atoms with E-state index in [1.165, 1.54) is 32.3 Å². The molecule has 0 saturated carbocycles. The Morgan fingerprint density at radius 1 is 1.23 bits per heavy atom. The van der Waals surface area contributed by atoms with Crippen molar-refractivity contribution in [3.05, 3.63) is 58.9 Å². The van der Waals surface area contributed by atoms with Crippen LogP contribution in [0.1, 0.15) is 16.2 Å². The van der Waals surface area contributed by atoms with Crippen LogP contribution in [0.25, 0.3) is 11.1 Å². The molecule has 1 heterocycles. The highest BCUT2D eigenvalue weighted by molar-refractivity contribution is 7.89. The SMILES string of the molecule is CN(C)S(=O)(=O)c1cc(C(=O)OCc2nc3ccccc3o2)ccc1Cl. The number of nitrogens with zero attached hydrogens (tertiary/aromatic N) is 2. The molecule has 0 atom stereocenters. The highest BCUT2D eigenvalue weighted by atomic mass is 35.5. The van der Waals surface area contributed by atoms with Crippen molar-refractivity contribution in [3.8, 4) is 0 Å². The number of para-hydroxylation sites is 2. The first-order valence-corrected chi connectivity index (χ1v) is 9.34.